The molecular weight excluding hydrogens is 354 g/mol. The lowest BCUT2D eigenvalue weighted by Gasteiger charge is -2.17. The van der Waals surface area contributed by atoms with Crippen molar-refractivity contribution in [2.24, 2.45) is 11.8 Å². The summed E-state index contributed by atoms with van der Waals surface area (Å²) in [6.45, 7) is 5.23. The Morgan fingerprint density at radius 1 is 1.43 bits per heavy atom. The zero-order chi connectivity index (χ0) is 15.5. The van der Waals surface area contributed by atoms with Crippen LogP contribution in [0.15, 0.2) is 21.6 Å². The Bertz CT molecular complexity index is 592. The molecule has 5 nitrogen and oxygen atoms in total. The minimum atomic E-state index is -3.55. The molecule has 0 radical (unpaired) electrons. The van der Waals surface area contributed by atoms with Gasteiger partial charge >= 0.3 is 0 Å². The Labute approximate surface area is 135 Å². The molecule has 0 saturated heterocycles. The topological polar surface area (TPSA) is 71.1 Å². The van der Waals surface area contributed by atoms with Crippen molar-refractivity contribution in [1.82, 2.24) is 9.71 Å². The van der Waals surface area contributed by atoms with E-state index < -0.39 is 10.0 Å². The van der Waals surface area contributed by atoms with Crippen LogP contribution < -0.4 is 10.0 Å². The van der Waals surface area contributed by atoms with E-state index >= 15 is 0 Å². The van der Waals surface area contributed by atoms with Gasteiger partial charge < -0.3 is 5.32 Å². The number of halogens is 1. The fourth-order valence-corrected chi connectivity index (χ4v) is 4.48. The molecule has 0 spiro atoms. The third kappa shape index (κ3) is 4.17. The smallest absolute Gasteiger partial charge is 0.244 e. The maximum atomic E-state index is 12.5. The number of nitrogens with zero attached hydrogens (tertiary/aromatic N) is 1. The lowest BCUT2D eigenvalue weighted by Crippen LogP contribution is -2.31. The van der Waals surface area contributed by atoms with Crippen molar-refractivity contribution in [3.05, 3.63) is 16.7 Å². The molecule has 2 unspecified atom stereocenters. The van der Waals surface area contributed by atoms with Gasteiger partial charge in [0.15, 0.2) is 0 Å². The molecular formula is C14H22BrN3O2S. The third-order valence-electron chi connectivity index (χ3n) is 4.03. The van der Waals surface area contributed by atoms with Crippen LogP contribution in [0.2, 0.25) is 0 Å². The standard InChI is InChI=1S/C14H22BrN3O2S/c1-3-16-14-13(7-12(15)9-17-14)21(19,20)18-8-11-6-4-5-10(11)2/h7,9-11,18H,3-6,8H2,1-2H3,(H,16,17). The number of hydrogen-bond acceptors (Lipinski definition) is 4. The molecule has 0 bridgehead atoms. The maximum Gasteiger partial charge on any atom is 0.244 e. The van der Waals surface area contributed by atoms with Crippen LogP contribution in [0.1, 0.15) is 33.1 Å². The lowest BCUT2D eigenvalue weighted by molar-refractivity contribution is 0.414. The highest BCUT2D eigenvalue weighted by atomic mass is 79.9. The van der Waals surface area contributed by atoms with Gasteiger partial charge in [0.05, 0.1) is 0 Å². The summed E-state index contributed by atoms with van der Waals surface area (Å²) in [5.41, 5.74) is 0. The summed E-state index contributed by atoms with van der Waals surface area (Å²) in [4.78, 5) is 4.35. The van der Waals surface area contributed by atoms with E-state index in [1.165, 1.54) is 12.8 Å². The van der Waals surface area contributed by atoms with Crippen LogP contribution in [-0.4, -0.2) is 26.5 Å². The van der Waals surface area contributed by atoms with Gasteiger partial charge in [0, 0.05) is 23.8 Å². The first-order valence-corrected chi connectivity index (χ1v) is 9.60. The summed E-state index contributed by atoms with van der Waals surface area (Å²) < 4.78 is 28.5. The first-order valence-electron chi connectivity index (χ1n) is 7.33. The number of rotatable bonds is 6. The van der Waals surface area contributed by atoms with Gasteiger partial charge in [-0.25, -0.2) is 18.1 Å². The van der Waals surface area contributed by atoms with E-state index in [0.29, 0.717) is 35.2 Å². The quantitative estimate of drug-likeness (QED) is 0.801. The van der Waals surface area contributed by atoms with Gasteiger partial charge in [0.2, 0.25) is 10.0 Å². The summed E-state index contributed by atoms with van der Waals surface area (Å²) in [5.74, 6) is 1.41. The van der Waals surface area contributed by atoms with Gasteiger partial charge in [-0.1, -0.05) is 19.8 Å². The molecule has 0 aliphatic heterocycles. The van der Waals surface area contributed by atoms with Crippen molar-refractivity contribution in [3.8, 4) is 0 Å². The molecule has 1 aromatic rings. The van der Waals surface area contributed by atoms with E-state index in [4.69, 9.17) is 0 Å². The van der Waals surface area contributed by atoms with E-state index in [0.717, 1.165) is 6.42 Å². The van der Waals surface area contributed by atoms with Crippen LogP contribution in [0.3, 0.4) is 0 Å². The SMILES string of the molecule is CCNc1ncc(Br)cc1S(=O)(=O)NCC1CCCC1C. The van der Waals surface area contributed by atoms with Gasteiger partial charge in [-0.05, 0) is 47.2 Å². The van der Waals surface area contributed by atoms with Crippen LogP contribution in [0.4, 0.5) is 5.82 Å². The molecule has 118 valence electrons. The summed E-state index contributed by atoms with van der Waals surface area (Å²) in [5, 5.41) is 3.00. The molecule has 1 fully saturated rings. The molecule has 2 atom stereocenters. The van der Waals surface area contributed by atoms with Gasteiger partial charge in [0.1, 0.15) is 10.7 Å². The molecule has 1 aromatic heterocycles. The van der Waals surface area contributed by atoms with Crippen LogP contribution in [0.25, 0.3) is 0 Å². The second-order valence-electron chi connectivity index (χ2n) is 5.55. The van der Waals surface area contributed by atoms with Gasteiger partial charge in [-0.2, -0.15) is 0 Å². The molecule has 2 N–H and O–H groups in total. The maximum absolute atomic E-state index is 12.5. The lowest BCUT2D eigenvalue weighted by atomic mass is 9.99. The van der Waals surface area contributed by atoms with E-state index in [-0.39, 0.29) is 4.90 Å². The number of sulfonamides is 1. The van der Waals surface area contributed by atoms with Crippen molar-refractivity contribution >= 4 is 31.8 Å². The van der Waals surface area contributed by atoms with Gasteiger partial charge in [0.25, 0.3) is 0 Å². The van der Waals surface area contributed by atoms with Crippen molar-refractivity contribution in [3.63, 3.8) is 0 Å². The predicted octanol–water partition coefficient (Wildman–Crippen LogP) is 2.99. The fourth-order valence-electron chi connectivity index (χ4n) is 2.75. The van der Waals surface area contributed by atoms with E-state index in [1.807, 2.05) is 6.92 Å². The number of pyridine rings is 1. The normalized spacial score (nSPS) is 22.4. The number of hydrogen-bond donors (Lipinski definition) is 2. The molecule has 21 heavy (non-hydrogen) atoms. The number of nitrogens with one attached hydrogen (secondary N) is 2. The first kappa shape index (κ1) is 16.7. The average Bonchev–Trinajstić information content (AvgIpc) is 2.84. The Kier molecular flexibility index (Phi) is 5.62. The van der Waals surface area contributed by atoms with Crippen molar-refractivity contribution in [1.29, 1.82) is 0 Å². The van der Waals surface area contributed by atoms with Crippen molar-refractivity contribution in [2.45, 2.75) is 38.0 Å². The number of aromatic nitrogens is 1. The van der Waals surface area contributed by atoms with Crippen LogP contribution in [0, 0.1) is 11.8 Å². The highest BCUT2D eigenvalue weighted by molar-refractivity contribution is 9.10. The fraction of sp³-hybridized carbons (Fsp3) is 0.643. The van der Waals surface area contributed by atoms with E-state index in [2.05, 4.69) is 37.9 Å². The first-order chi connectivity index (χ1) is 9.94. The molecule has 0 amide bonds. The summed E-state index contributed by atoms with van der Waals surface area (Å²) in [6, 6.07) is 1.59. The highest BCUT2D eigenvalue weighted by Gasteiger charge is 2.26. The van der Waals surface area contributed by atoms with Gasteiger partial charge in [-0.15, -0.1) is 0 Å². The molecule has 1 heterocycles. The Morgan fingerprint density at radius 2 is 2.19 bits per heavy atom. The Hall–Kier alpha value is -0.660. The van der Waals surface area contributed by atoms with E-state index in [1.54, 1.807) is 12.3 Å². The zero-order valence-electron chi connectivity index (χ0n) is 12.4. The molecule has 1 aliphatic carbocycles. The Morgan fingerprint density at radius 3 is 2.81 bits per heavy atom. The Balaban J connectivity index is 2.16. The zero-order valence-corrected chi connectivity index (χ0v) is 14.8. The van der Waals surface area contributed by atoms with Gasteiger partial charge in [-0.3, -0.25) is 0 Å². The van der Waals surface area contributed by atoms with Crippen LogP contribution in [-0.2, 0) is 10.0 Å². The summed E-state index contributed by atoms with van der Waals surface area (Å²) in [7, 11) is -3.55. The molecule has 2 rings (SSSR count). The van der Waals surface area contributed by atoms with E-state index in [9.17, 15) is 8.42 Å². The third-order valence-corrected chi connectivity index (χ3v) is 5.90. The van der Waals surface area contributed by atoms with Crippen LogP contribution in [0.5, 0.6) is 0 Å². The van der Waals surface area contributed by atoms with Crippen LogP contribution >= 0.6 is 15.9 Å². The minimum absolute atomic E-state index is 0.198. The minimum Gasteiger partial charge on any atom is -0.369 e. The van der Waals surface area contributed by atoms with Crippen molar-refractivity contribution in [2.75, 3.05) is 18.4 Å². The molecule has 1 aliphatic rings. The summed E-state index contributed by atoms with van der Waals surface area (Å²) >= 11 is 3.28. The number of anilines is 1. The molecule has 0 aromatic carbocycles. The molecule has 1 saturated carbocycles. The second kappa shape index (κ2) is 7.07. The molecule has 7 heteroatoms. The second-order valence-corrected chi connectivity index (χ2v) is 8.20. The van der Waals surface area contributed by atoms with Crippen molar-refractivity contribution < 1.29 is 8.42 Å². The monoisotopic (exact) mass is 375 g/mol. The highest BCUT2D eigenvalue weighted by Crippen LogP contribution is 2.31. The summed E-state index contributed by atoms with van der Waals surface area (Å²) in [6.07, 6.45) is 5.07. The largest absolute Gasteiger partial charge is 0.369 e. The predicted molar refractivity (Wildman–Crippen MR) is 87.8 cm³/mol. The average molecular weight is 376 g/mol.